The minimum Gasteiger partial charge on any atom is -0.311 e. The normalized spacial score (nSPS) is 10.3. The molecule has 0 spiro atoms. The van der Waals surface area contributed by atoms with Gasteiger partial charge in [-0.3, -0.25) is 4.79 Å². The maximum atomic E-state index is 13.4. The SMILES string of the molecule is Cc1nc(-c2ccccc2F)cc(=O)[nH]1. The predicted octanol–water partition coefficient (Wildman–Crippen LogP) is 1.88. The molecule has 0 aliphatic carbocycles. The van der Waals surface area contributed by atoms with Gasteiger partial charge in [-0.2, -0.15) is 0 Å². The molecule has 0 saturated heterocycles. The molecule has 0 aliphatic heterocycles. The maximum absolute atomic E-state index is 13.4. The van der Waals surface area contributed by atoms with Crippen molar-refractivity contribution in [2.75, 3.05) is 0 Å². The molecule has 0 saturated carbocycles. The van der Waals surface area contributed by atoms with Crippen LogP contribution in [0.2, 0.25) is 0 Å². The van der Waals surface area contributed by atoms with E-state index in [1.54, 1.807) is 25.1 Å². The average molecular weight is 204 g/mol. The molecule has 2 aromatic rings. The lowest BCUT2D eigenvalue weighted by Crippen LogP contribution is -2.08. The van der Waals surface area contributed by atoms with Crippen LogP contribution in [0.1, 0.15) is 5.82 Å². The van der Waals surface area contributed by atoms with E-state index in [0.717, 1.165) is 0 Å². The molecule has 2 rings (SSSR count). The summed E-state index contributed by atoms with van der Waals surface area (Å²) < 4.78 is 13.4. The first-order valence-electron chi connectivity index (χ1n) is 4.50. The van der Waals surface area contributed by atoms with Crippen molar-refractivity contribution in [2.24, 2.45) is 0 Å². The van der Waals surface area contributed by atoms with E-state index in [4.69, 9.17) is 0 Å². The third-order valence-electron chi connectivity index (χ3n) is 2.01. The lowest BCUT2D eigenvalue weighted by Gasteiger charge is -2.02. The van der Waals surface area contributed by atoms with Crippen LogP contribution in [0.5, 0.6) is 0 Å². The Hall–Kier alpha value is -1.97. The van der Waals surface area contributed by atoms with Crippen molar-refractivity contribution in [1.82, 2.24) is 9.97 Å². The van der Waals surface area contributed by atoms with Gasteiger partial charge in [-0.05, 0) is 19.1 Å². The van der Waals surface area contributed by atoms with Gasteiger partial charge in [0.15, 0.2) is 0 Å². The second kappa shape index (κ2) is 3.65. The number of nitrogens with one attached hydrogen (secondary N) is 1. The van der Waals surface area contributed by atoms with Crippen LogP contribution in [-0.4, -0.2) is 9.97 Å². The zero-order valence-electron chi connectivity index (χ0n) is 8.12. The van der Waals surface area contributed by atoms with Crippen molar-refractivity contribution < 1.29 is 4.39 Å². The van der Waals surface area contributed by atoms with E-state index in [-0.39, 0.29) is 11.4 Å². The highest BCUT2D eigenvalue weighted by atomic mass is 19.1. The maximum Gasteiger partial charge on any atom is 0.251 e. The summed E-state index contributed by atoms with van der Waals surface area (Å²) in [5, 5.41) is 0. The summed E-state index contributed by atoms with van der Waals surface area (Å²) in [6.45, 7) is 1.66. The molecule has 1 aromatic heterocycles. The van der Waals surface area contributed by atoms with Crippen molar-refractivity contribution in [3.05, 3.63) is 52.3 Å². The summed E-state index contributed by atoms with van der Waals surface area (Å²) in [7, 11) is 0. The summed E-state index contributed by atoms with van der Waals surface area (Å²) in [5.41, 5.74) is 0.418. The van der Waals surface area contributed by atoms with E-state index in [1.807, 2.05) is 0 Å². The third-order valence-corrected chi connectivity index (χ3v) is 2.01. The number of aryl methyl sites for hydroxylation is 1. The molecule has 15 heavy (non-hydrogen) atoms. The fraction of sp³-hybridized carbons (Fsp3) is 0.0909. The van der Waals surface area contributed by atoms with Crippen LogP contribution in [0.15, 0.2) is 35.1 Å². The van der Waals surface area contributed by atoms with Gasteiger partial charge in [-0.15, -0.1) is 0 Å². The second-order valence-electron chi connectivity index (χ2n) is 3.20. The number of hydrogen-bond acceptors (Lipinski definition) is 2. The van der Waals surface area contributed by atoms with Crippen molar-refractivity contribution in [3.63, 3.8) is 0 Å². The van der Waals surface area contributed by atoms with Crippen LogP contribution in [0.25, 0.3) is 11.3 Å². The molecular weight excluding hydrogens is 195 g/mol. The Morgan fingerprint density at radius 1 is 1.33 bits per heavy atom. The first-order chi connectivity index (χ1) is 7.16. The topological polar surface area (TPSA) is 45.8 Å². The molecule has 1 N–H and O–H groups in total. The molecule has 0 unspecified atom stereocenters. The van der Waals surface area contributed by atoms with Crippen molar-refractivity contribution in [2.45, 2.75) is 6.92 Å². The highest BCUT2D eigenvalue weighted by molar-refractivity contribution is 5.59. The molecule has 0 atom stereocenters. The summed E-state index contributed by atoms with van der Waals surface area (Å²) in [4.78, 5) is 17.8. The standard InChI is InChI=1S/C11H9FN2O/c1-7-13-10(6-11(15)14-7)8-4-2-3-5-9(8)12/h2-6H,1H3,(H,13,14,15). The number of benzene rings is 1. The van der Waals surface area contributed by atoms with Crippen LogP contribution in [0.3, 0.4) is 0 Å². The van der Waals surface area contributed by atoms with Crippen molar-refractivity contribution in [1.29, 1.82) is 0 Å². The number of halogens is 1. The molecule has 0 amide bonds. The highest BCUT2D eigenvalue weighted by Gasteiger charge is 2.06. The Labute approximate surface area is 85.6 Å². The van der Waals surface area contributed by atoms with Crippen LogP contribution < -0.4 is 5.56 Å². The van der Waals surface area contributed by atoms with Gasteiger partial charge in [0.25, 0.3) is 5.56 Å². The fourth-order valence-electron chi connectivity index (χ4n) is 1.39. The minimum absolute atomic E-state index is 0.277. The largest absolute Gasteiger partial charge is 0.311 e. The zero-order chi connectivity index (χ0) is 10.8. The van der Waals surface area contributed by atoms with E-state index in [1.165, 1.54) is 12.1 Å². The first kappa shape index (κ1) is 9.58. The smallest absolute Gasteiger partial charge is 0.251 e. The molecule has 3 nitrogen and oxygen atoms in total. The molecule has 0 aliphatic rings. The number of aromatic nitrogens is 2. The Morgan fingerprint density at radius 3 is 2.73 bits per heavy atom. The van der Waals surface area contributed by atoms with Gasteiger partial charge in [-0.1, -0.05) is 12.1 Å². The van der Waals surface area contributed by atoms with E-state index < -0.39 is 0 Å². The summed E-state index contributed by atoms with van der Waals surface area (Å²) >= 11 is 0. The molecular formula is C11H9FN2O. The van der Waals surface area contributed by atoms with Gasteiger partial charge in [0.1, 0.15) is 11.6 Å². The highest BCUT2D eigenvalue weighted by Crippen LogP contribution is 2.18. The van der Waals surface area contributed by atoms with Gasteiger partial charge in [0, 0.05) is 11.6 Å². The number of rotatable bonds is 1. The van der Waals surface area contributed by atoms with Crippen LogP contribution >= 0.6 is 0 Å². The Balaban J connectivity index is 2.64. The quantitative estimate of drug-likeness (QED) is 0.770. The van der Waals surface area contributed by atoms with Gasteiger partial charge in [-0.25, -0.2) is 9.37 Å². The van der Waals surface area contributed by atoms with Crippen LogP contribution in [-0.2, 0) is 0 Å². The molecule has 0 fully saturated rings. The average Bonchev–Trinajstić information content (AvgIpc) is 2.16. The molecule has 4 heteroatoms. The lowest BCUT2D eigenvalue weighted by molar-refractivity contribution is 0.630. The predicted molar refractivity (Wildman–Crippen MR) is 55.0 cm³/mol. The fourth-order valence-corrected chi connectivity index (χ4v) is 1.39. The summed E-state index contributed by atoms with van der Waals surface area (Å²) in [6.07, 6.45) is 0. The van der Waals surface area contributed by atoms with Crippen LogP contribution in [0, 0.1) is 12.7 Å². The van der Waals surface area contributed by atoms with Crippen molar-refractivity contribution in [3.8, 4) is 11.3 Å². The Kier molecular flexibility index (Phi) is 2.33. The molecule has 1 aromatic carbocycles. The van der Waals surface area contributed by atoms with Gasteiger partial charge < -0.3 is 4.98 Å². The number of H-pyrrole nitrogens is 1. The zero-order valence-corrected chi connectivity index (χ0v) is 8.12. The number of aromatic amines is 1. The lowest BCUT2D eigenvalue weighted by atomic mass is 10.1. The minimum atomic E-state index is -0.380. The van der Waals surface area contributed by atoms with E-state index in [0.29, 0.717) is 17.1 Å². The van der Waals surface area contributed by atoms with E-state index in [9.17, 15) is 9.18 Å². The monoisotopic (exact) mass is 204 g/mol. The van der Waals surface area contributed by atoms with E-state index >= 15 is 0 Å². The van der Waals surface area contributed by atoms with Gasteiger partial charge in [0.2, 0.25) is 0 Å². The van der Waals surface area contributed by atoms with E-state index in [2.05, 4.69) is 9.97 Å². The number of nitrogens with zero attached hydrogens (tertiary/aromatic N) is 1. The van der Waals surface area contributed by atoms with Gasteiger partial charge >= 0.3 is 0 Å². The second-order valence-corrected chi connectivity index (χ2v) is 3.20. The summed E-state index contributed by atoms with van der Waals surface area (Å²) in [5.74, 6) is 0.0933. The van der Waals surface area contributed by atoms with Gasteiger partial charge in [0.05, 0.1) is 5.69 Å². The molecule has 0 bridgehead atoms. The summed E-state index contributed by atoms with van der Waals surface area (Å²) in [6, 6.07) is 7.52. The Morgan fingerprint density at radius 2 is 2.07 bits per heavy atom. The molecule has 76 valence electrons. The number of hydrogen-bond donors (Lipinski definition) is 1. The Bertz CT molecular complexity index is 548. The van der Waals surface area contributed by atoms with Crippen LogP contribution in [0.4, 0.5) is 4.39 Å². The van der Waals surface area contributed by atoms with Crippen molar-refractivity contribution >= 4 is 0 Å². The first-order valence-corrected chi connectivity index (χ1v) is 4.50. The molecule has 1 heterocycles. The molecule has 0 radical (unpaired) electrons. The third kappa shape index (κ3) is 1.93.